The fraction of sp³-hybridized carbons (Fsp3) is 1.00. The van der Waals surface area contributed by atoms with Crippen LogP contribution in [0.5, 0.6) is 0 Å². The highest BCUT2D eigenvalue weighted by atomic mass is 16.5. The highest BCUT2D eigenvalue weighted by Gasteiger charge is 2.37. The summed E-state index contributed by atoms with van der Waals surface area (Å²) in [5, 5.41) is 3.44. The van der Waals surface area contributed by atoms with Crippen LogP contribution in [0.4, 0.5) is 0 Å². The molecule has 0 radical (unpaired) electrons. The topological polar surface area (TPSA) is 21.3 Å². The van der Waals surface area contributed by atoms with Gasteiger partial charge in [-0.3, -0.25) is 0 Å². The normalized spacial score (nSPS) is 49.7. The van der Waals surface area contributed by atoms with Gasteiger partial charge in [0.2, 0.25) is 0 Å². The van der Waals surface area contributed by atoms with E-state index in [1.807, 2.05) is 0 Å². The molecule has 2 nitrogen and oxygen atoms in total. The van der Waals surface area contributed by atoms with Crippen LogP contribution in [-0.2, 0) is 4.74 Å². The SMILES string of the molecule is CC1CNC2CCOC12. The summed E-state index contributed by atoms with van der Waals surface area (Å²) in [6.07, 6.45) is 1.75. The van der Waals surface area contributed by atoms with Gasteiger partial charge in [-0.25, -0.2) is 0 Å². The van der Waals surface area contributed by atoms with E-state index in [1.54, 1.807) is 0 Å². The lowest BCUT2D eigenvalue weighted by Gasteiger charge is -2.10. The lowest BCUT2D eigenvalue weighted by Crippen LogP contribution is -2.25. The molecular weight excluding hydrogens is 114 g/mol. The smallest absolute Gasteiger partial charge is 0.0766 e. The van der Waals surface area contributed by atoms with E-state index in [0.717, 1.165) is 19.1 Å². The fourth-order valence-electron chi connectivity index (χ4n) is 1.84. The van der Waals surface area contributed by atoms with E-state index in [0.29, 0.717) is 12.1 Å². The molecule has 0 saturated carbocycles. The molecule has 0 aromatic heterocycles. The number of hydrogen-bond donors (Lipinski definition) is 1. The van der Waals surface area contributed by atoms with Crippen molar-refractivity contribution >= 4 is 0 Å². The molecule has 3 unspecified atom stereocenters. The van der Waals surface area contributed by atoms with Crippen molar-refractivity contribution in [3.05, 3.63) is 0 Å². The maximum atomic E-state index is 5.53. The van der Waals surface area contributed by atoms with Gasteiger partial charge in [0, 0.05) is 19.2 Å². The molecule has 9 heavy (non-hydrogen) atoms. The maximum Gasteiger partial charge on any atom is 0.0766 e. The summed E-state index contributed by atoms with van der Waals surface area (Å²) in [4.78, 5) is 0. The molecule has 2 saturated heterocycles. The summed E-state index contributed by atoms with van der Waals surface area (Å²) in [5.74, 6) is 0.734. The van der Waals surface area contributed by atoms with Crippen molar-refractivity contribution in [1.82, 2.24) is 5.32 Å². The highest BCUT2D eigenvalue weighted by molar-refractivity contribution is 4.92. The number of ether oxygens (including phenoxy) is 1. The minimum absolute atomic E-state index is 0.532. The first-order valence-corrected chi connectivity index (χ1v) is 3.73. The van der Waals surface area contributed by atoms with E-state index in [-0.39, 0.29) is 0 Å². The maximum absolute atomic E-state index is 5.53. The average Bonchev–Trinajstić information content (AvgIpc) is 2.35. The van der Waals surface area contributed by atoms with Crippen molar-refractivity contribution in [1.29, 1.82) is 0 Å². The summed E-state index contributed by atoms with van der Waals surface area (Å²) in [7, 11) is 0. The lowest BCUT2D eigenvalue weighted by atomic mass is 10.0. The summed E-state index contributed by atoms with van der Waals surface area (Å²) in [6, 6.07) is 0.681. The minimum Gasteiger partial charge on any atom is -0.376 e. The Morgan fingerprint density at radius 1 is 1.56 bits per heavy atom. The van der Waals surface area contributed by atoms with Crippen molar-refractivity contribution in [3.8, 4) is 0 Å². The number of rotatable bonds is 0. The van der Waals surface area contributed by atoms with E-state index in [4.69, 9.17) is 4.74 Å². The molecule has 0 aliphatic carbocycles. The predicted molar refractivity (Wildman–Crippen MR) is 35.3 cm³/mol. The molecule has 2 heteroatoms. The Balaban J connectivity index is 2.07. The Kier molecular flexibility index (Phi) is 1.24. The molecule has 0 amide bonds. The second-order valence-corrected chi connectivity index (χ2v) is 3.12. The van der Waals surface area contributed by atoms with Gasteiger partial charge in [0.15, 0.2) is 0 Å². The van der Waals surface area contributed by atoms with E-state index in [9.17, 15) is 0 Å². The van der Waals surface area contributed by atoms with Gasteiger partial charge < -0.3 is 10.1 Å². The Labute approximate surface area is 55.6 Å². The zero-order chi connectivity index (χ0) is 6.27. The van der Waals surface area contributed by atoms with Crippen LogP contribution in [0.25, 0.3) is 0 Å². The van der Waals surface area contributed by atoms with Gasteiger partial charge in [-0.2, -0.15) is 0 Å². The van der Waals surface area contributed by atoms with Crippen LogP contribution in [0.1, 0.15) is 13.3 Å². The molecule has 3 atom stereocenters. The van der Waals surface area contributed by atoms with Gasteiger partial charge in [0.05, 0.1) is 6.10 Å². The monoisotopic (exact) mass is 127 g/mol. The van der Waals surface area contributed by atoms with E-state index in [1.165, 1.54) is 6.42 Å². The molecule has 2 aliphatic rings. The van der Waals surface area contributed by atoms with Crippen LogP contribution < -0.4 is 5.32 Å². The van der Waals surface area contributed by atoms with Crippen LogP contribution in [0.3, 0.4) is 0 Å². The Morgan fingerprint density at radius 2 is 2.44 bits per heavy atom. The molecule has 0 aromatic rings. The zero-order valence-electron chi connectivity index (χ0n) is 5.76. The largest absolute Gasteiger partial charge is 0.376 e. The Hall–Kier alpha value is -0.0800. The molecule has 2 heterocycles. The van der Waals surface area contributed by atoms with Crippen LogP contribution >= 0.6 is 0 Å². The molecule has 0 spiro atoms. The van der Waals surface area contributed by atoms with E-state index in [2.05, 4.69) is 12.2 Å². The van der Waals surface area contributed by atoms with E-state index >= 15 is 0 Å². The Morgan fingerprint density at radius 3 is 3.22 bits per heavy atom. The first-order chi connectivity index (χ1) is 4.38. The zero-order valence-corrected chi connectivity index (χ0v) is 5.76. The standard InChI is InChI=1S/C7H13NO/c1-5-4-8-6-2-3-9-7(5)6/h5-8H,2-4H2,1H3. The second-order valence-electron chi connectivity index (χ2n) is 3.12. The quantitative estimate of drug-likeness (QED) is 0.508. The predicted octanol–water partition coefficient (Wildman–Crippen LogP) is 0.383. The van der Waals surface area contributed by atoms with Crippen molar-refractivity contribution in [2.24, 2.45) is 5.92 Å². The van der Waals surface area contributed by atoms with Crippen LogP contribution in [0.2, 0.25) is 0 Å². The molecule has 1 N–H and O–H groups in total. The summed E-state index contributed by atoms with van der Waals surface area (Å²) in [6.45, 7) is 4.37. The first kappa shape index (κ1) is 5.69. The molecule has 2 rings (SSSR count). The lowest BCUT2D eigenvalue weighted by molar-refractivity contribution is 0.0833. The summed E-state index contributed by atoms with van der Waals surface area (Å²) in [5.41, 5.74) is 0. The Bertz CT molecular complexity index is 115. The highest BCUT2D eigenvalue weighted by Crippen LogP contribution is 2.25. The summed E-state index contributed by atoms with van der Waals surface area (Å²) < 4.78 is 5.53. The van der Waals surface area contributed by atoms with Crippen molar-refractivity contribution in [3.63, 3.8) is 0 Å². The number of nitrogens with one attached hydrogen (secondary N) is 1. The van der Waals surface area contributed by atoms with Crippen LogP contribution in [-0.4, -0.2) is 25.3 Å². The molecule has 0 aromatic carbocycles. The number of fused-ring (bicyclic) bond motifs is 1. The molecule has 0 bridgehead atoms. The fourth-order valence-corrected chi connectivity index (χ4v) is 1.84. The third-order valence-corrected chi connectivity index (χ3v) is 2.40. The molecule has 52 valence electrons. The van der Waals surface area contributed by atoms with Gasteiger partial charge in [0.1, 0.15) is 0 Å². The van der Waals surface area contributed by atoms with Crippen LogP contribution in [0.15, 0.2) is 0 Å². The van der Waals surface area contributed by atoms with Crippen molar-refractivity contribution in [2.75, 3.05) is 13.2 Å². The number of hydrogen-bond acceptors (Lipinski definition) is 2. The molecular formula is C7H13NO. The van der Waals surface area contributed by atoms with Gasteiger partial charge in [-0.05, 0) is 12.3 Å². The van der Waals surface area contributed by atoms with Crippen molar-refractivity contribution in [2.45, 2.75) is 25.5 Å². The second kappa shape index (κ2) is 1.96. The first-order valence-electron chi connectivity index (χ1n) is 3.73. The minimum atomic E-state index is 0.532. The van der Waals surface area contributed by atoms with E-state index < -0.39 is 0 Å². The molecule has 2 aliphatic heterocycles. The van der Waals surface area contributed by atoms with Gasteiger partial charge in [-0.15, -0.1) is 0 Å². The average molecular weight is 127 g/mol. The third kappa shape index (κ3) is 0.775. The third-order valence-electron chi connectivity index (χ3n) is 2.40. The van der Waals surface area contributed by atoms with Crippen LogP contribution in [0, 0.1) is 5.92 Å². The molecule has 2 fully saturated rings. The van der Waals surface area contributed by atoms with Crippen molar-refractivity contribution < 1.29 is 4.74 Å². The van der Waals surface area contributed by atoms with Gasteiger partial charge in [0.25, 0.3) is 0 Å². The van der Waals surface area contributed by atoms with Gasteiger partial charge >= 0.3 is 0 Å². The van der Waals surface area contributed by atoms with Gasteiger partial charge in [-0.1, -0.05) is 6.92 Å². The summed E-state index contributed by atoms with van der Waals surface area (Å²) >= 11 is 0.